The van der Waals surface area contributed by atoms with Crippen LogP contribution in [0.5, 0.6) is 5.75 Å². The Balaban J connectivity index is 2.34. The molecule has 0 unspecified atom stereocenters. The van der Waals surface area contributed by atoms with Gasteiger partial charge in [-0.3, -0.25) is 0 Å². The van der Waals surface area contributed by atoms with Crippen LogP contribution in [0.15, 0.2) is 34.8 Å². The third kappa shape index (κ3) is 4.02. The highest BCUT2D eigenvalue weighted by atomic mass is 79.9. The van der Waals surface area contributed by atoms with Gasteiger partial charge >= 0.3 is 6.18 Å². The van der Waals surface area contributed by atoms with E-state index in [-0.39, 0.29) is 10.5 Å². The lowest BCUT2D eigenvalue weighted by Crippen LogP contribution is -2.05. The zero-order chi connectivity index (χ0) is 20.5. The Morgan fingerprint density at radius 2 is 1.93 bits per heavy atom. The normalized spacial score (nSPS) is 12.0. The predicted octanol–water partition coefficient (Wildman–Crippen LogP) is 6.56. The molecule has 8 heteroatoms. The minimum atomic E-state index is -4.50. The first kappa shape index (κ1) is 21.0. The van der Waals surface area contributed by atoms with Gasteiger partial charge in [0.2, 0.25) is 0 Å². The third-order valence-corrected chi connectivity index (χ3v) is 5.43. The molecular weight excluding hydrogens is 457 g/mol. The average molecular weight is 476 g/mol. The van der Waals surface area contributed by atoms with Gasteiger partial charge in [0.25, 0.3) is 0 Å². The largest absolute Gasteiger partial charge is 0.496 e. The number of H-pyrrole nitrogens is 1. The first-order valence-corrected chi connectivity index (χ1v) is 9.89. The molecular formula is C20H19BrClF3N2O. The van der Waals surface area contributed by atoms with Gasteiger partial charge in [0.05, 0.1) is 28.9 Å². The molecule has 3 aromatic rings. The number of aryl methyl sites for hydroxylation is 1. The first-order valence-electron chi connectivity index (χ1n) is 8.72. The Labute approximate surface area is 174 Å². The van der Waals surface area contributed by atoms with Gasteiger partial charge in [-0.1, -0.05) is 27.5 Å². The smallest absolute Gasteiger partial charge is 0.418 e. The number of methoxy groups -OCH3 is 1. The quantitative estimate of drug-likeness (QED) is 0.397. The molecule has 0 aliphatic heterocycles. The van der Waals surface area contributed by atoms with Crippen molar-refractivity contribution in [1.82, 2.24) is 4.98 Å². The number of unbranched alkanes of at least 4 members (excludes halogenated alkanes) is 1. The molecule has 0 aliphatic rings. The number of aromatic nitrogens is 1. The molecule has 0 radical (unpaired) electrons. The number of nitrogens with two attached hydrogens (primary N) is 1. The van der Waals surface area contributed by atoms with Crippen LogP contribution < -0.4 is 10.5 Å². The molecule has 150 valence electrons. The van der Waals surface area contributed by atoms with Crippen molar-refractivity contribution in [2.24, 2.45) is 5.73 Å². The molecule has 0 saturated heterocycles. The van der Waals surface area contributed by atoms with Crippen LogP contribution in [0, 0.1) is 0 Å². The lowest BCUT2D eigenvalue weighted by Gasteiger charge is -2.11. The van der Waals surface area contributed by atoms with Crippen molar-refractivity contribution in [2.75, 3.05) is 13.7 Å². The number of halogens is 5. The van der Waals surface area contributed by atoms with Gasteiger partial charge in [0, 0.05) is 15.4 Å². The summed E-state index contributed by atoms with van der Waals surface area (Å²) >= 11 is 9.77. The van der Waals surface area contributed by atoms with E-state index in [1.165, 1.54) is 13.2 Å². The summed E-state index contributed by atoms with van der Waals surface area (Å²) in [6.07, 6.45) is -2.46. The fraction of sp³-hybridized carbons (Fsp3) is 0.300. The highest BCUT2D eigenvalue weighted by Crippen LogP contribution is 2.44. The highest BCUT2D eigenvalue weighted by molar-refractivity contribution is 9.10. The lowest BCUT2D eigenvalue weighted by molar-refractivity contribution is -0.136. The lowest BCUT2D eigenvalue weighted by atomic mass is 9.98. The topological polar surface area (TPSA) is 51.0 Å². The van der Waals surface area contributed by atoms with Crippen LogP contribution in [-0.2, 0) is 12.6 Å². The van der Waals surface area contributed by atoms with Crippen molar-refractivity contribution in [3.63, 3.8) is 0 Å². The summed E-state index contributed by atoms with van der Waals surface area (Å²) in [7, 11) is 1.53. The second-order valence-corrected chi connectivity index (χ2v) is 7.73. The minimum absolute atomic E-state index is 0.0141. The third-order valence-electron chi connectivity index (χ3n) is 4.63. The molecule has 3 nitrogen and oxygen atoms in total. The minimum Gasteiger partial charge on any atom is -0.496 e. The molecule has 1 aromatic heterocycles. The molecule has 0 fully saturated rings. The summed E-state index contributed by atoms with van der Waals surface area (Å²) in [6, 6.07) is 7.70. The molecule has 2 aromatic carbocycles. The van der Waals surface area contributed by atoms with Gasteiger partial charge in [-0.2, -0.15) is 13.2 Å². The van der Waals surface area contributed by atoms with Crippen LogP contribution >= 0.6 is 27.5 Å². The Morgan fingerprint density at radius 1 is 1.18 bits per heavy atom. The number of fused-ring (bicyclic) bond motifs is 1. The zero-order valence-electron chi connectivity index (χ0n) is 15.1. The summed E-state index contributed by atoms with van der Waals surface area (Å²) in [5, 5.41) is 0.674. The Kier molecular flexibility index (Phi) is 6.27. The number of alkyl halides is 3. The molecule has 3 rings (SSSR count). The number of rotatable bonds is 6. The maximum atomic E-state index is 13.6. The SMILES string of the molecule is COc1ccc(Br)cc1-c1[nH]c2c(C(F)(F)F)ccc(Cl)c2c1CCCCN. The zero-order valence-corrected chi connectivity index (χ0v) is 17.4. The number of ether oxygens (including phenoxy) is 1. The maximum Gasteiger partial charge on any atom is 0.418 e. The van der Waals surface area contributed by atoms with Gasteiger partial charge in [-0.25, -0.2) is 0 Å². The van der Waals surface area contributed by atoms with Crippen molar-refractivity contribution in [3.8, 4) is 17.0 Å². The molecule has 3 N–H and O–H groups in total. The fourth-order valence-electron chi connectivity index (χ4n) is 3.37. The second-order valence-electron chi connectivity index (χ2n) is 6.41. The van der Waals surface area contributed by atoms with E-state index in [9.17, 15) is 13.2 Å². The Hall–Kier alpha value is -1.70. The molecule has 0 bridgehead atoms. The molecule has 0 spiro atoms. The van der Waals surface area contributed by atoms with Gasteiger partial charge in [-0.15, -0.1) is 0 Å². The van der Waals surface area contributed by atoms with E-state index < -0.39 is 11.7 Å². The van der Waals surface area contributed by atoms with E-state index in [0.717, 1.165) is 28.9 Å². The summed E-state index contributed by atoms with van der Waals surface area (Å²) in [4.78, 5) is 2.99. The summed E-state index contributed by atoms with van der Waals surface area (Å²) in [5.41, 5.74) is 6.81. The van der Waals surface area contributed by atoms with Crippen molar-refractivity contribution in [3.05, 3.63) is 51.0 Å². The summed E-state index contributed by atoms with van der Waals surface area (Å²) in [5.74, 6) is 0.555. The number of aromatic amines is 1. The van der Waals surface area contributed by atoms with E-state index >= 15 is 0 Å². The maximum absolute atomic E-state index is 13.6. The first-order chi connectivity index (χ1) is 13.3. The van der Waals surface area contributed by atoms with Gasteiger partial charge in [0.15, 0.2) is 0 Å². The molecule has 28 heavy (non-hydrogen) atoms. The van der Waals surface area contributed by atoms with E-state index in [1.54, 1.807) is 6.07 Å². The standard InChI is InChI=1S/C20H19BrClF3N2O/c1-28-16-8-5-11(21)10-13(16)18-12(4-2-3-9-26)17-15(22)7-6-14(19(17)27-18)20(23,24)25/h5-8,10,27H,2-4,9,26H2,1H3. The number of hydrogen-bond acceptors (Lipinski definition) is 2. The molecule has 0 atom stereocenters. The number of benzene rings is 2. The number of hydrogen-bond donors (Lipinski definition) is 2. The van der Waals surface area contributed by atoms with Crippen molar-refractivity contribution < 1.29 is 17.9 Å². The Morgan fingerprint density at radius 3 is 2.57 bits per heavy atom. The van der Waals surface area contributed by atoms with Crippen LogP contribution in [0.3, 0.4) is 0 Å². The van der Waals surface area contributed by atoms with Gasteiger partial charge in [-0.05, 0) is 61.7 Å². The predicted molar refractivity (Wildman–Crippen MR) is 110 cm³/mol. The monoisotopic (exact) mass is 474 g/mol. The number of nitrogens with one attached hydrogen (secondary N) is 1. The fourth-order valence-corrected chi connectivity index (χ4v) is 4.00. The van der Waals surface area contributed by atoms with Crippen LogP contribution in [0.25, 0.3) is 22.2 Å². The molecule has 1 heterocycles. The van der Waals surface area contributed by atoms with Crippen molar-refractivity contribution >= 4 is 38.4 Å². The van der Waals surface area contributed by atoms with Crippen LogP contribution in [0.2, 0.25) is 5.02 Å². The molecule has 0 amide bonds. The summed E-state index contributed by atoms with van der Waals surface area (Å²) < 4.78 is 47.0. The van der Waals surface area contributed by atoms with Gasteiger partial charge < -0.3 is 15.5 Å². The average Bonchev–Trinajstić information content (AvgIpc) is 3.01. The van der Waals surface area contributed by atoms with Crippen LogP contribution in [-0.4, -0.2) is 18.6 Å². The van der Waals surface area contributed by atoms with Crippen molar-refractivity contribution in [1.29, 1.82) is 0 Å². The Bertz CT molecular complexity index is 1000. The van der Waals surface area contributed by atoms with Crippen molar-refractivity contribution in [2.45, 2.75) is 25.4 Å². The van der Waals surface area contributed by atoms with E-state index in [0.29, 0.717) is 35.4 Å². The van der Waals surface area contributed by atoms with E-state index in [4.69, 9.17) is 22.1 Å². The highest BCUT2D eigenvalue weighted by Gasteiger charge is 2.35. The molecule has 0 saturated carbocycles. The van der Waals surface area contributed by atoms with Gasteiger partial charge in [0.1, 0.15) is 5.75 Å². The van der Waals surface area contributed by atoms with Crippen LogP contribution in [0.4, 0.5) is 13.2 Å². The van der Waals surface area contributed by atoms with E-state index in [2.05, 4.69) is 20.9 Å². The second kappa shape index (κ2) is 8.35. The van der Waals surface area contributed by atoms with E-state index in [1.807, 2.05) is 12.1 Å². The molecule has 0 aliphatic carbocycles. The summed E-state index contributed by atoms with van der Waals surface area (Å²) in [6.45, 7) is 0.513. The van der Waals surface area contributed by atoms with Crippen LogP contribution in [0.1, 0.15) is 24.0 Å².